The molecule has 2 aromatic carbocycles. The molecule has 2 aromatic rings. The summed E-state index contributed by atoms with van der Waals surface area (Å²) >= 11 is 12.4. The minimum absolute atomic E-state index is 0.166. The second kappa shape index (κ2) is 7.73. The summed E-state index contributed by atoms with van der Waals surface area (Å²) < 4.78 is 13.9. The van der Waals surface area contributed by atoms with Gasteiger partial charge >= 0.3 is 0 Å². The maximum Gasteiger partial charge on any atom is 0.238 e. The van der Waals surface area contributed by atoms with Gasteiger partial charge < -0.3 is 5.32 Å². The number of nitrogens with one attached hydrogen (secondary N) is 1. The van der Waals surface area contributed by atoms with Crippen LogP contribution in [-0.4, -0.2) is 23.4 Å². The predicted octanol–water partition coefficient (Wildman–Crippen LogP) is 5.04. The molecule has 0 saturated heterocycles. The molecule has 132 valence electrons. The number of carbonyl (C=O) groups excluding carboxylic acids is 1. The molecule has 0 radical (unpaired) electrons. The second-order valence-electron chi connectivity index (χ2n) is 6.33. The Labute approximate surface area is 156 Å². The highest BCUT2D eigenvalue weighted by Crippen LogP contribution is 2.33. The van der Waals surface area contributed by atoms with Crippen LogP contribution < -0.4 is 5.32 Å². The van der Waals surface area contributed by atoms with Gasteiger partial charge in [-0.2, -0.15) is 0 Å². The van der Waals surface area contributed by atoms with Crippen LogP contribution in [0.4, 0.5) is 10.1 Å². The minimum atomic E-state index is -0.252. The van der Waals surface area contributed by atoms with E-state index in [1.165, 1.54) is 6.07 Å². The molecule has 0 aromatic heterocycles. The summed E-state index contributed by atoms with van der Waals surface area (Å²) in [5.41, 5.74) is 1.86. The summed E-state index contributed by atoms with van der Waals surface area (Å²) in [6.07, 6.45) is 2.04. The first-order chi connectivity index (χ1) is 12.0. The van der Waals surface area contributed by atoms with Gasteiger partial charge in [-0.1, -0.05) is 47.5 Å². The summed E-state index contributed by atoms with van der Waals surface area (Å²) in [5.74, 6) is -0.462. The maximum absolute atomic E-state index is 13.9. The highest BCUT2D eigenvalue weighted by atomic mass is 35.5. The molecule has 0 spiro atoms. The first kappa shape index (κ1) is 18.2. The Morgan fingerprint density at radius 2 is 1.96 bits per heavy atom. The van der Waals surface area contributed by atoms with Gasteiger partial charge in [-0.3, -0.25) is 9.69 Å². The van der Waals surface area contributed by atoms with Crippen molar-refractivity contribution in [3.8, 4) is 0 Å². The maximum atomic E-state index is 13.9. The molecule has 3 rings (SSSR count). The summed E-state index contributed by atoms with van der Waals surface area (Å²) in [7, 11) is 0. The van der Waals surface area contributed by atoms with Crippen LogP contribution in [0.1, 0.15) is 24.0 Å². The SMILES string of the molecule is Cc1ccc(Cl)c(NC(=O)CN(Cc2ccccc2F)C2CC2)c1Cl. The summed E-state index contributed by atoms with van der Waals surface area (Å²) in [5, 5.41) is 3.63. The zero-order valence-corrected chi connectivity index (χ0v) is 15.4. The van der Waals surface area contributed by atoms with Crippen molar-refractivity contribution in [3.05, 3.63) is 63.4 Å². The van der Waals surface area contributed by atoms with Crippen molar-refractivity contribution in [1.82, 2.24) is 4.90 Å². The van der Waals surface area contributed by atoms with Gasteiger partial charge in [-0.15, -0.1) is 0 Å². The Kier molecular flexibility index (Phi) is 5.62. The molecule has 0 unspecified atom stereocenters. The van der Waals surface area contributed by atoms with Gasteiger partial charge in [0.25, 0.3) is 0 Å². The zero-order valence-electron chi connectivity index (χ0n) is 13.9. The molecule has 1 fully saturated rings. The summed E-state index contributed by atoms with van der Waals surface area (Å²) in [6, 6.07) is 10.5. The first-order valence-corrected chi connectivity index (χ1v) is 8.93. The van der Waals surface area contributed by atoms with E-state index in [1.54, 1.807) is 30.3 Å². The van der Waals surface area contributed by atoms with Crippen LogP contribution >= 0.6 is 23.2 Å². The topological polar surface area (TPSA) is 32.3 Å². The number of nitrogens with zero attached hydrogens (tertiary/aromatic N) is 1. The molecular formula is C19H19Cl2FN2O. The molecule has 1 aliphatic rings. The highest BCUT2D eigenvalue weighted by molar-refractivity contribution is 6.40. The van der Waals surface area contributed by atoms with Crippen molar-refractivity contribution in [2.75, 3.05) is 11.9 Å². The standard InChI is InChI=1S/C19H19Cl2FN2O/c1-12-6-9-15(20)19(18(12)21)23-17(25)11-24(14-7-8-14)10-13-4-2-3-5-16(13)22/h2-6,9,14H,7-8,10-11H2,1H3,(H,23,25). The molecule has 0 heterocycles. The van der Waals surface area contributed by atoms with Crippen LogP contribution in [-0.2, 0) is 11.3 Å². The normalized spacial score (nSPS) is 14.0. The van der Waals surface area contributed by atoms with E-state index >= 15 is 0 Å². The van der Waals surface area contributed by atoms with Crippen molar-refractivity contribution in [2.45, 2.75) is 32.4 Å². The van der Waals surface area contributed by atoms with Crippen LogP contribution in [0.25, 0.3) is 0 Å². The van der Waals surface area contributed by atoms with E-state index in [0.29, 0.717) is 33.9 Å². The van der Waals surface area contributed by atoms with Gasteiger partial charge in [-0.05, 0) is 37.5 Å². The van der Waals surface area contributed by atoms with E-state index < -0.39 is 0 Å². The molecule has 25 heavy (non-hydrogen) atoms. The van der Waals surface area contributed by atoms with Crippen molar-refractivity contribution in [3.63, 3.8) is 0 Å². The fourth-order valence-electron chi connectivity index (χ4n) is 2.73. The van der Waals surface area contributed by atoms with E-state index in [2.05, 4.69) is 5.32 Å². The van der Waals surface area contributed by atoms with E-state index in [0.717, 1.165) is 18.4 Å². The Morgan fingerprint density at radius 1 is 1.24 bits per heavy atom. The molecule has 0 aliphatic heterocycles. The lowest BCUT2D eigenvalue weighted by Gasteiger charge is -2.22. The van der Waals surface area contributed by atoms with Gasteiger partial charge in [0.2, 0.25) is 5.91 Å². The average Bonchev–Trinajstić information content (AvgIpc) is 3.41. The molecule has 3 nitrogen and oxygen atoms in total. The summed E-state index contributed by atoms with van der Waals surface area (Å²) in [6.45, 7) is 2.42. The van der Waals surface area contributed by atoms with Gasteiger partial charge in [0, 0.05) is 18.2 Å². The largest absolute Gasteiger partial charge is 0.322 e. The molecule has 1 N–H and O–H groups in total. The molecule has 1 saturated carbocycles. The van der Waals surface area contributed by atoms with Crippen LogP contribution in [0.15, 0.2) is 36.4 Å². The Hall–Kier alpha value is -1.62. The van der Waals surface area contributed by atoms with Crippen LogP contribution in [0.5, 0.6) is 0 Å². The third kappa shape index (κ3) is 4.51. The van der Waals surface area contributed by atoms with Crippen molar-refractivity contribution in [2.24, 2.45) is 0 Å². The van der Waals surface area contributed by atoms with Crippen LogP contribution in [0, 0.1) is 12.7 Å². The zero-order chi connectivity index (χ0) is 18.0. The van der Waals surface area contributed by atoms with Crippen molar-refractivity contribution >= 4 is 34.8 Å². The Bertz CT molecular complexity index is 793. The summed E-state index contributed by atoms with van der Waals surface area (Å²) in [4.78, 5) is 14.5. The third-order valence-corrected chi connectivity index (χ3v) is 5.09. The van der Waals surface area contributed by atoms with Crippen molar-refractivity contribution in [1.29, 1.82) is 0 Å². The molecule has 0 atom stereocenters. The molecule has 1 amide bonds. The number of hydrogen-bond acceptors (Lipinski definition) is 2. The molecular weight excluding hydrogens is 362 g/mol. The number of amides is 1. The lowest BCUT2D eigenvalue weighted by Crippen LogP contribution is -2.34. The lowest BCUT2D eigenvalue weighted by atomic mass is 10.2. The van der Waals surface area contributed by atoms with E-state index in [-0.39, 0.29) is 18.3 Å². The quantitative estimate of drug-likeness (QED) is 0.760. The fraction of sp³-hybridized carbons (Fsp3) is 0.316. The third-order valence-electron chi connectivity index (χ3n) is 4.29. The minimum Gasteiger partial charge on any atom is -0.322 e. The van der Waals surface area contributed by atoms with Gasteiger partial charge in [-0.25, -0.2) is 4.39 Å². The van der Waals surface area contributed by atoms with Crippen LogP contribution in [0.2, 0.25) is 10.0 Å². The van der Waals surface area contributed by atoms with Gasteiger partial charge in [0.15, 0.2) is 0 Å². The number of carbonyl (C=O) groups is 1. The highest BCUT2D eigenvalue weighted by Gasteiger charge is 2.31. The number of rotatable bonds is 6. The smallest absolute Gasteiger partial charge is 0.238 e. The number of benzene rings is 2. The number of halogens is 3. The molecule has 0 bridgehead atoms. The average molecular weight is 381 g/mol. The lowest BCUT2D eigenvalue weighted by molar-refractivity contribution is -0.117. The van der Waals surface area contributed by atoms with E-state index in [1.807, 2.05) is 11.8 Å². The van der Waals surface area contributed by atoms with Gasteiger partial charge in [0.05, 0.1) is 22.3 Å². The van der Waals surface area contributed by atoms with Gasteiger partial charge in [0.1, 0.15) is 5.82 Å². The fourth-order valence-corrected chi connectivity index (χ4v) is 3.20. The number of anilines is 1. The van der Waals surface area contributed by atoms with E-state index in [9.17, 15) is 9.18 Å². The number of aryl methyl sites for hydroxylation is 1. The first-order valence-electron chi connectivity index (χ1n) is 8.17. The van der Waals surface area contributed by atoms with Crippen LogP contribution in [0.3, 0.4) is 0 Å². The Balaban J connectivity index is 1.70. The van der Waals surface area contributed by atoms with E-state index in [4.69, 9.17) is 23.2 Å². The Morgan fingerprint density at radius 3 is 2.64 bits per heavy atom. The predicted molar refractivity (Wildman–Crippen MR) is 99.7 cm³/mol. The van der Waals surface area contributed by atoms with Crippen molar-refractivity contribution < 1.29 is 9.18 Å². The molecule has 1 aliphatic carbocycles. The monoisotopic (exact) mass is 380 g/mol. The molecule has 6 heteroatoms. The second-order valence-corrected chi connectivity index (χ2v) is 7.11. The number of hydrogen-bond donors (Lipinski definition) is 1.